The van der Waals surface area contributed by atoms with Gasteiger partial charge < -0.3 is 10.2 Å². The molecule has 3 rings (SSSR count). The Balaban J connectivity index is 1.91. The average Bonchev–Trinajstić information content (AvgIpc) is 2.69. The fraction of sp³-hybridized carbons (Fsp3) is 0.545. The molecular formula is C11H15N3O2S. The van der Waals surface area contributed by atoms with Gasteiger partial charge in [-0.2, -0.15) is 0 Å². The predicted octanol–water partition coefficient (Wildman–Crippen LogP) is 0.501. The molecule has 1 unspecified atom stereocenters. The van der Waals surface area contributed by atoms with Crippen LogP contribution in [0, 0.1) is 0 Å². The normalized spacial score (nSPS) is 26.4. The molecule has 1 aromatic rings. The maximum atomic E-state index is 11.5. The Kier molecular flexibility index (Phi) is 2.47. The lowest BCUT2D eigenvalue weighted by molar-refractivity contribution is 0.599. The van der Waals surface area contributed by atoms with Gasteiger partial charge in [0.05, 0.1) is 29.1 Å². The first-order chi connectivity index (χ1) is 8.16. The van der Waals surface area contributed by atoms with Gasteiger partial charge in [0.1, 0.15) is 0 Å². The van der Waals surface area contributed by atoms with Crippen LogP contribution in [0.15, 0.2) is 18.5 Å². The summed E-state index contributed by atoms with van der Waals surface area (Å²) in [4.78, 5) is 6.29. The van der Waals surface area contributed by atoms with E-state index in [0.29, 0.717) is 5.75 Å². The van der Waals surface area contributed by atoms with E-state index in [9.17, 15) is 8.42 Å². The quantitative estimate of drug-likeness (QED) is 0.789. The lowest BCUT2D eigenvalue weighted by atomic mass is 10.1. The van der Waals surface area contributed by atoms with Gasteiger partial charge >= 0.3 is 0 Å². The number of hydrogen-bond acceptors (Lipinski definition) is 5. The molecule has 5 nitrogen and oxygen atoms in total. The topological polar surface area (TPSA) is 62.3 Å². The molecule has 2 aliphatic rings. The van der Waals surface area contributed by atoms with Crippen LogP contribution < -0.4 is 10.2 Å². The highest BCUT2D eigenvalue weighted by molar-refractivity contribution is 7.91. The number of nitrogens with zero attached hydrogens (tertiary/aromatic N) is 2. The van der Waals surface area contributed by atoms with E-state index in [1.54, 1.807) is 12.4 Å². The maximum Gasteiger partial charge on any atom is 0.152 e. The highest BCUT2D eigenvalue weighted by Crippen LogP contribution is 2.32. The van der Waals surface area contributed by atoms with E-state index in [4.69, 9.17) is 0 Å². The van der Waals surface area contributed by atoms with Gasteiger partial charge in [0.15, 0.2) is 9.84 Å². The Morgan fingerprint density at radius 1 is 1.47 bits per heavy atom. The van der Waals surface area contributed by atoms with E-state index in [1.165, 1.54) is 0 Å². The second-order valence-electron chi connectivity index (χ2n) is 4.57. The fourth-order valence-corrected chi connectivity index (χ4v) is 4.34. The molecule has 3 heterocycles. The second kappa shape index (κ2) is 3.87. The summed E-state index contributed by atoms with van der Waals surface area (Å²) in [6, 6.07) is 2.08. The third-order valence-electron chi connectivity index (χ3n) is 3.42. The van der Waals surface area contributed by atoms with Crippen LogP contribution in [0.1, 0.15) is 6.42 Å². The third kappa shape index (κ3) is 1.97. The lowest BCUT2D eigenvalue weighted by Gasteiger charge is -2.35. The molecule has 0 amide bonds. The molecule has 17 heavy (non-hydrogen) atoms. The Labute approximate surface area is 101 Å². The summed E-state index contributed by atoms with van der Waals surface area (Å²) >= 11 is 0. The minimum Gasteiger partial charge on any atom is -0.380 e. The summed E-state index contributed by atoms with van der Waals surface area (Å²) in [5.74, 6) is 0.608. The molecule has 0 spiro atoms. The molecule has 0 bridgehead atoms. The zero-order valence-corrected chi connectivity index (χ0v) is 10.3. The van der Waals surface area contributed by atoms with Crippen molar-refractivity contribution in [1.82, 2.24) is 4.98 Å². The van der Waals surface area contributed by atoms with Gasteiger partial charge in [-0.1, -0.05) is 0 Å². The van der Waals surface area contributed by atoms with Gasteiger partial charge in [-0.05, 0) is 12.5 Å². The van der Waals surface area contributed by atoms with Crippen molar-refractivity contribution in [3.8, 4) is 0 Å². The molecule has 2 aliphatic heterocycles. The van der Waals surface area contributed by atoms with Crippen molar-refractivity contribution >= 4 is 21.2 Å². The Hall–Kier alpha value is -1.30. The first-order valence-electron chi connectivity index (χ1n) is 5.81. The van der Waals surface area contributed by atoms with E-state index in [2.05, 4.69) is 15.2 Å². The number of rotatable bonds is 1. The van der Waals surface area contributed by atoms with Crippen molar-refractivity contribution in [1.29, 1.82) is 0 Å². The molecule has 1 atom stereocenters. The van der Waals surface area contributed by atoms with Crippen molar-refractivity contribution in [3.05, 3.63) is 18.5 Å². The Bertz CT molecular complexity index is 529. The third-order valence-corrected chi connectivity index (χ3v) is 5.18. The molecule has 1 fully saturated rings. The number of fused-ring (bicyclic) bond motifs is 1. The van der Waals surface area contributed by atoms with E-state index in [1.807, 2.05) is 6.07 Å². The van der Waals surface area contributed by atoms with E-state index >= 15 is 0 Å². The second-order valence-corrected chi connectivity index (χ2v) is 6.80. The van der Waals surface area contributed by atoms with Crippen LogP contribution in [-0.4, -0.2) is 44.0 Å². The van der Waals surface area contributed by atoms with E-state index < -0.39 is 9.84 Å². The van der Waals surface area contributed by atoms with Crippen LogP contribution in [0.25, 0.3) is 0 Å². The number of hydrogen-bond donors (Lipinski definition) is 1. The van der Waals surface area contributed by atoms with E-state index in [0.717, 1.165) is 30.9 Å². The van der Waals surface area contributed by atoms with Gasteiger partial charge in [-0.25, -0.2) is 8.42 Å². The van der Waals surface area contributed by atoms with Crippen LogP contribution in [-0.2, 0) is 9.84 Å². The number of sulfone groups is 1. The first-order valence-corrected chi connectivity index (χ1v) is 7.63. The molecule has 92 valence electrons. The zero-order valence-electron chi connectivity index (χ0n) is 9.46. The summed E-state index contributed by atoms with van der Waals surface area (Å²) in [5.41, 5.74) is 2.08. The minimum atomic E-state index is -2.83. The van der Waals surface area contributed by atoms with Crippen LogP contribution in [0.5, 0.6) is 0 Å². The molecular weight excluding hydrogens is 238 g/mol. The van der Waals surface area contributed by atoms with Crippen LogP contribution in [0.3, 0.4) is 0 Å². The standard InChI is InChI=1S/C11H15N3O2S/c15-17(16)6-2-9(8-17)14-5-4-13-10-7-12-3-1-11(10)14/h1,3,7,9,13H,2,4-6,8H2. The molecule has 1 saturated heterocycles. The van der Waals surface area contributed by atoms with Crippen LogP contribution in [0.2, 0.25) is 0 Å². The first kappa shape index (κ1) is 10.8. The molecule has 0 saturated carbocycles. The number of aromatic nitrogens is 1. The molecule has 0 radical (unpaired) electrons. The van der Waals surface area contributed by atoms with Gasteiger partial charge in [-0.3, -0.25) is 4.98 Å². The number of nitrogens with one attached hydrogen (secondary N) is 1. The predicted molar refractivity (Wildman–Crippen MR) is 67.1 cm³/mol. The molecule has 0 aliphatic carbocycles. The zero-order chi connectivity index (χ0) is 11.9. The summed E-state index contributed by atoms with van der Waals surface area (Å²) in [6.45, 7) is 1.70. The fourth-order valence-electron chi connectivity index (χ4n) is 2.61. The highest BCUT2D eigenvalue weighted by Gasteiger charge is 2.34. The van der Waals surface area contributed by atoms with Crippen molar-refractivity contribution < 1.29 is 8.42 Å². The summed E-state index contributed by atoms with van der Waals surface area (Å²) in [6.07, 6.45) is 4.29. The smallest absolute Gasteiger partial charge is 0.152 e. The van der Waals surface area contributed by atoms with E-state index in [-0.39, 0.29) is 11.8 Å². The van der Waals surface area contributed by atoms with Gasteiger partial charge in [-0.15, -0.1) is 0 Å². The average molecular weight is 253 g/mol. The molecule has 6 heteroatoms. The lowest BCUT2D eigenvalue weighted by Crippen LogP contribution is -2.42. The minimum absolute atomic E-state index is 0.128. The molecule has 1 N–H and O–H groups in total. The van der Waals surface area contributed by atoms with Gasteiger partial charge in [0.2, 0.25) is 0 Å². The number of anilines is 2. The van der Waals surface area contributed by atoms with Crippen LogP contribution in [0.4, 0.5) is 11.4 Å². The highest BCUT2D eigenvalue weighted by atomic mass is 32.2. The monoisotopic (exact) mass is 253 g/mol. The van der Waals surface area contributed by atoms with Gasteiger partial charge in [0.25, 0.3) is 0 Å². The van der Waals surface area contributed by atoms with Gasteiger partial charge in [0, 0.05) is 25.3 Å². The summed E-state index contributed by atoms with van der Waals surface area (Å²) in [7, 11) is -2.83. The largest absolute Gasteiger partial charge is 0.380 e. The molecule has 1 aromatic heterocycles. The summed E-state index contributed by atoms with van der Waals surface area (Å²) in [5, 5.41) is 3.28. The summed E-state index contributed by atoms with van der Waals surface area (Å²) < 4.78 is 23.1. The molecule has 0 aromatic carbocycles. The maximum absolute atomic E-state index is 11.5. The van der Waals surface area contributed by atoms with Crippen molar-refractivity contribution in [2.75, 3.05) is 34.8 Å². The Morgan fingerprint density at radius 2 is 2.35 bits per heavy atom. The van der Waals surface area contributed by atoms with Crippen molar-refractivity contribution in [2.45, 2.75) is 12.5 Å². The van der Waals surface area contributed by atoms with Crippen molar-refractivity contribution in [2.24, 2.45) is 0 Å². The SMILES string of the molecule is O=S1(=O)CCC(N2CCNc3cnccc32)C1. The van der Waals surface area contributed by atoms with Crippen LogP contribution >= 0.6 is 0 Å². The Morgan fingerprint density at radius 3 is 3.12 bits per heavy atom. The van der Waals surface area contributed by atoms with Crippen molar-refractivity contribution in [3.63, 3.8) is 0 Å². The number of pyridine rings is 1.